The lowest BCUT2D eigenvalue weighted by Gasteiger charge is -2.20. The van der Waals surface area contributed by atoms with Crippen molar-refractivity contribution < 1.29 is 0 Å². The minimum atomic E-state index is 0.734. The molecule has 0 spiro atoms. The second-order valence-corrected chi connectivity index (χ2v) is 7.24. The number of thioether (sulfide) groups is 1. The van der Waals surface area contributed by atoms with Gasteiger partial charge in [0.05, 0.1) is 0 Å². The molecule has 2 aliphatic rings. The van der Waals surface area contributed by atoms with Gasteiger partial charge in [-0.1, -0.05) is 19.4 Å². The first-order valence-electron chi connectivity index (χ1n) is 7.88. The summed E-state index contributed by atoms with van der Waals surface area (Å²) in [7, 11) is 0. The third-order valence-electron chi connectivity index (χ3n) is 4.47. The zero-order valence-corrected chi connectivity index (χ0v) is 12.8. The Balaban J connectivity index is 1.64. The smallest absolute Gasteiger partial charge is 0.0248 e. The normalized spacial score (nSPS) is 25.7. The number of nitrogens with one attached hydrogen (secondary N) is 1. The Hall–Kier alpha value is -0.470. The van der Waals surface area contributed by atoms with Gasteiger partial charge in [-0.2, -0.15) is 0 Å². The summed E-state index contributed by atoms with van der Waals surface area (Å²) in [6, 6.07) is 7.92. The van der Waals surface area contributed by atoms with Gasteiger partial charge in [0.15, 0.2) is 0 Å². The number of hydrogen-bond acceptors (Lipinski definition) is 2. The molecule has 3 rings (SSSR count). The van der Waals surface area contributed by atoms with Crippen molar-refractivity contribution in [2.75, 3.05) is 6.54 Å². The maximum absolute atomic E-state index is 3.73. The van der Waals surface area contributed by atoms with Crippen LogP contribution in [0.1, 0.15) is 50.2 Å². The van der Waals surface area contributed by atoms with Gasteiger partial charge < -0.3 is 5.32 Å². The number of benzene rings is 1. The van der Waals surface area contributed by atoms with E-state index in [9.17, 15) is 0 Å². The summed E-state index contributed by atoms with van der Waals surface area (Å²) in [5.74, 6) is 0. The highest BCUT2D eigenvalue weighted by Crippen LogP contribution is 2.36. The molecule has 0 bridgehead atoms. The van der Waals surface area contributed by atoms with Gasteiger partial charge in [0.2, 0.25) is 0 Å². The second-order valence-electron chi connectivity index (χ2n) is 5.93. The molecule has 1 N–H and O–H groups in total. The van der Waals surface area contributed by atoms with Crippen molar-refractivity contribution in [1.82, 2.24) is 5.32 Å². The van der Waals surface area contributed by atoms with E-state index in [0.717, 1.165) is 11.3 Å². The Morgan fingerprint density at radius 3 is 2.95 bits per heavy atom. The minimum Gasteiger partial charge on any atom is -0.313 e. The van der Waals surface area contributed by atoms with Crippen LogP contribution in [0.2, 0.25) is 0 Å². The Kier molecular flexibility index (Phi) is 4.49. The average Bonchev–Trinajstić information content (AvgIpc) is 3.05. The molecule has 0 aromatic heterocycles. The number of fused-ring (bicyclic) bond motifs is 1. The Bertz CT molecular complexity index is 429. The van der Waals surface area contributed by atoms with Gasteiger partial charge in [0, 0.05) is 16.2 Å². The summed E-state index contributed by atoms with van der Waals surface area (Å²) < 4.78 is 0. The number of rotatable bonds is 5. The molecule has 19 heavy (non-hydrogen) atoms. The summed E-state index contributed by atoms with van der Waals surface area (Å²) in [5, 5.41) is 4.52. The standard InChI is InChI=1S/C17H25NS/c1-2-11-18-16-7-4-8-17(16)19-15-10-9-13-5-3-6-14(13)12-15/h9-10,12,16-18H,2-8,11H2,1H3. The van der Waals surface area contributed by atoms with E-state index in [2.05, 4.69) is 42.2 Å². The van der Waals surface area contributed by atoms with Gasteiger partial charge in [-0.3, -0.25) is 0 Å². The van der Waals surface area contributed by atoms with Crippen LogP contribution in [0.25, 0.3) is 0 Å². The third-order valence-corrected chi connectivity index (χ3v) is 5.86. The van der Waals surface area contributed by atoms with Crippen LogP contribution in [-0.4, -0.2) is 17.8 Å². The summed E-state index contributed by atoms with van der Waals surface area (Å²) in [5.41, 5.74) is 3.21. The van der Waals surface area contributed by atoms with Crippen LogP contribution in [0.4, 0.5) is 0 Å². The predicted octanol–water partition coefficient (Wildman–Crippen LogP) is 4.19. The van der Waals surface area contributed by atoms with E-state index in [1.807, 2.05) is 0 Å². The van der Waals surface area contributed by atoms with E-state index >= 15 is 0 Å². The number of hydrogen-bond donors (Lipinski definition) is 1. The first kappa shape index (κ1) is 13.5. The fraction of sp³-hybridized carbons (Fsp3) is 0.647. The van der Waals surface area contributed by atoms with E-state index in [4.69, 9.17) is 0 Å². The molecule has 104 valence electrons. The molecule has 2 aliphatic carbocycles. The van der Waals surface area contributed by atoms with Crippen LogP contribution in [0.3, 0.4) is 0 Å². The zero-order chi connectivity index (χ0) is 13.1. The number of aryl methyl sites for hydroxylation is 2. The van der Waals surface area contributed by atoms with Crippen LogP contribution in [0, 0.1) is 0 Å². The molecule has 2 heteroatoms. The van der Waals surface area contributed by atoms with Gasteiger partial charge in [-0.25, -0.2) is 0 Å². The molecule has 1 saturated carbocycles. The van der Waals surface area contributed by atoms with Gasteiger partial charge in [0.25, 0.3) is 0 Å². The second kappa shape index (κ2) is 6.32. The fourth-order valence-electron chi connectivity index (χ4n) is 3.43. The van der Waals surface area contributed by atoms with Gasteiger partial charge >= 0.3 is 0 Å². The van der Waals surface area contributed by atoms with Crippen molar-refractivity contribution >= 4 is 11.8 Å². The molecule has 1 aromatic carbocycles. The molecule has 1 fully saturated rings. The first-order valence-corrected chi connectivity index (χ1v) is 8.76. The largest absolute Gasteiger partial charge is 0.313 e. The molecule has 0 saturated heterocycles. The highest BCUT2D eigenvalue weighted by atomic mass is 32.2. The monoisotopic (exact) mass is 275 g/mol. The van der Waals surface area contributed by atoms with Crippen LogP contribution >= 0.6 is 11.8 Å². The van der Waals surface area contributed by atoms with Crippen molar-refractivity contribution in [1.29, 1.82) is 0 Å². The Morgan fingerprint density at radius 2 is 2.05 bits per heavy atom. The topological polar surface area (TPSA) is 12.0 Å². The molecule has 1 aromatic rings. The van der Waals surface area contributed by atoms with Crippen molar-refractivity contribution in [2.45, 2.75) is 68.1 Å². The molecule has 1 nitrogen and oxygen atoms in total. The molecule has 2 atom stereocenters. The first-order chi connectivity index (χ1) is 9.36. The van der Waals surface area contributed by atoms with E-state index in [0.29, 0.717) is 0 Å². The molecule has 0 amide bonds. The highest BCUT2D eigenvalue weighted by Gasteiger charge is 2.27. The maximum Gasteiger partial charge on any atom is 0.0248 e. The molecular formula is C17H25NS. The molecular weight excluding hydrogens is 250 g/mol. The zero-order valence-electron chi connectivity index (χ0n) is 12.0. The summed E-state index contributed by atoms with van der Waals surface area (Å²) in [6.07, 6.45) is 9.33. The van der Waals surface area contributed by atoms with Crippen molar-refractivity contribution in [3.63, 3.8) is 0 Å². The molecule has 0 heterocycles. The highest BCUT2D eigenvalue weighted by molar-refractivity contribution is 8.00. The van der Waals surface area contributed by atoms with E-state index in [-0.39, 0.29) is 0 Å². The van der Waals surface area contributed by atoms with Crippen molar-refractivity contribution in [2.24, 2.45) is 0 Å². The van der Waals surface area contributed by atoms with Gasteiger partial charge in [-0.05, 0) is 68.3 Å². The molecule has 0 aliphatic heterocycles. The summed E-state index contributed by atoms with van der Waals surface area (Å²) in [6.45, 7) is 3.43. The van der Waals surface area contributed by atoms with Crippen LogP contribution in [0.15, 0.2) is 23.1 Å². The SMILES string of the molecule is CCCNC1CCCC1Sc1ccc2c(c1)CCC2. The lowest BCUT2D eigenvalue weighted by Crippen LogP contribution is -2.34. The van der Waals surface area contributed by atoms with Gasteiger partial charge in [0.1, 0.15) is 0 Å². The van der Waals surface area contributed by atoms with Gasteiger partial charge in [-0.15, -0.1) is 11.8 Å². The van der Waals surface area contributed by atoms with Crippen molar-refractivity contribution in [3.05, 3.63) is 29.3 Å². The van der Waals surface area contributed by atoms with E-state index in [1.54, 1.807) is 11.1 Å². The molecule has 0 radical (unpaired) electrons. The summed E-state index contributed by atoms with van der Waals surface area (Å²) >= 11 is 2.11. The Labute approximate surface area is 121 Å². The lowest BCUT2D eigenvalue weighted by molar-refractivity contribution is 0.531. The molecule has 2 unspecified atom stereocenters. The quantitative estimate of drug-likeness (QED) is 0.865. The van der Waals surface area contributed by atoms with Crippen LogP contribution in [-0.2, 0) is 12.8 Å². The fourth-order valence-corrected chi connectivity index (χ4v) is 4.81. The van der Waals surface area contributed by atoms with E-state index < -0.39 is 0 Å². The summed E-state index contributed by atoms with van der Waals surface area (Å²) in [4.78, 5) is 1.50. The van der Waals surface area contributed by atoms with Crippen LogP contribution in [0.5, 0.6) is 0 Å². The average molecular weight is 275 g/mol. The van der Waals surface area contributed by atoms with E-state index in [1.165, 1.54) is 56.4 Å². The van der Waals surface area contributed by atoms with Crippen LogP contribution < -0.4 is 5.32 Å². The minimum absolute atomic E-state index is 0.734. The predicted molar refractivity (Wildman–Crippen MR) is 84.0 cm³/mol. The lowest BCUT2D eigenvalue weighted by atomic mass is 10.1. The third kappa shape index (κ3) is 3.17. The Morgan fingerprint density at radius 1 is 1.16 bits per heavy atom. The maximum atomic E-state index is 3.73. The van der Waals surface area contributed by atoms with Crippen molar-refractivity contribution in [3.8, 4) is 0 Å².